The zero-order valence-corrected chi connectivity index (χ0v) is 11.3. The molecular formula is C16H14F2N2O. The highest BCUT2D eigenvalue weighted by Crippen LogP contribution is 2.30. The average Bonchev–Trinajstić information content (AvgIpc) is 2.48. The monoisotopic (exact) mass is 288 g/mol. The molecule has 1 aliphatic heterocycles. The van der Waals surface area contributed by atoms with Crippen molar-refractivity contribution in [1.82, 2.24) is 0 Å². The predicted molar refractivity (Wildman–Crippen MR) is 77.2 cm³/mol. The minimum Gasteiger partial charge on any atom is -0.399 e. The van der Waals surface area contributed by atoms with Gasteiger partial charge in [-0.15, -0.1) is 0 Å². The highest BCUT2D eigenvalue weighted by atomic mass is 19.2. The third-order valence-electron chi connectivity index (χ3n) is 3.65. The molecule has 2 aromatic carbocycles. The Hall–Kier alpha value is -2.43. The number of anilines is 2. The van der Waals surface area contributed by atoms with Gasteiger partial charge >= 0.3 is 0 Å². The van der Waals surface area contributed by atoms with Gasteiger partial charge in [0.05, 0.1) is 5.56 Å². The highest BCUT2D eigenvalue weighted by Gasteiger charge is 2.26. The van der Waals surface area contributed by atoms with Crippen LogP contribution in [0.1, 0.15) is 22.3 Å². The van der Waals surface area contributed by atoms with Gasteiger partial charge in [-0.25, -0.2) is 8.78 Å². The molecule has 0 saturated carbocycles. The fourth-order valence-electron chi connectivity index (χ4n) is 2.64. The molecule has 5 heteroatoms. The zero-order valence-electron chi connectivity index (χ0n) is 11.3. The molecule has 1 aliphatic rings. The van der Waals surface area contributed by atoms with Crippen LogP contribution in [0.5, 0.6) is 0 Å². The molecule has 2 N–H and O–H groups in total. The lowest BCUT2D eigenvalue weighted by Crippen LogP contribution is -2.36. The van der Waals surface area contributed by atoms with Gasteiger partial charge in [0.15, 0.2) is 11.6 Å². The second-order valence-corrected chi connectivity index (χ2v) is 5.05. The van der Waals surface area contributed by atoms with E-state index in [-0.39, 0.29) is 5.56 Å². The smallest absolute Gasteiger partial charge is 0.261 e. The van der Waals surface area contributed by atoms with E-state index in [1.807, 2.05) is 6.07 Å². The normalized spacial score (nSPS) is 13.9. The van der Waals surface area contributed by atoms with Crippen LogP contribution in [-0.2, 0) is 6.42 Å². The van der Waals surface area contributed by atoms with E-state index < -0.39 is 17.5 Å². The molecule has 2 aromatic rings. The Morgan fingerprint density at radius 3 is 2.81 bits per heavy atom. The third kappa shape index (κ3) is 2.35. The first-order valence-electron chi connectivity index (χ1n) is 6.72. The van der Waals surface area contributed by atoms with Crippen LogP contribution < -0.4 is 10.6 Å². The van der Waals surface area contributed by atoms with Crippen molar-refractivity contribution in [1.29, 1.82) is 0 Å². The molecule has 3 nitrogen and oxygen atoms in total. The third-order valence-corrected chi connectivity index (χ3v) is 3.65. The van der Waals surface area contributed by atoms with Gasteiger partial charge in [-0.1, -0.05) is 6.07 Å². The van der Waals surface area contributed by atoms with Crippen LogP contribution in [0.4, 0.5) is 20.2 Å². The topological polar surface area (TPSA) is 46.3 Å². The molecule has 0 saturated heterocycles. The number of rotatable bonds is 1. The minimum atomic E-state index is -1.11. The van der Waals surface area contributed by atoms with Crippen molar-refractivity contribution < 1.29 is 13.6 Å². The van der Waals surface area contributed by atoms with Crippen molar-refractivity contribution in [2.75, 3.05) is 17.2 Å². The Labute approximate surface area is 121 Å². The SMILES string of the molecule is Nc1ccc2c(c1)CCCN2C(=O)c1cccc(F)c1F. The van der Waals surface area contributed by atoms with E-state index in [1.165, 1.54) is 17.0 Å². The van der Waals surface area contributed by atoms with Crippen LogP contribution in [0.3, 0.4) is 0 Å². The summed E-state index contributed by atoms with van der Waals surface area (Å²) in [7, 11) is 0. The van der Waals surface area contributed by atoms with E-state index in [1.54, 1.807) is 12.1 Å². The standard InChI is InChI=1S/C16H14F2N2O/c17-13-5-1-4-12(15(13)18)16(21)20-8-2-3-10-9-11(19)6-7-14(10)20/h1,4-7,9H,2-3,8,19H2. The maximum Gasteiger partial charge on any atom is 0.261 e. The number of hydrogen-bond acceptors (Lipinski definition) is 2. The number of halogens is 2. The van der Waals surface area contributed by atoms with Gasteiger partial charge in [0.25, 0.3) is 5.91 Å². The van der Waals surface area contributed by atoms with Gasteiger partial charge in [-0.05, 0) is 48.7 Å². The fourth-order valence-corrected chi connectivity index (χ4v) is 2.64. The number of nitrogens with zero attached hydrogens (tertiary/aromatic N) is 1. The molecule has 0 aromatic heterocycles. The van der Waals surface area contributed by atoms with Crippen LogP contribution in [0.25, 0.3) is 0 Å². The molecule has 0 unspecified atom stereocenters. The molecule has 0 bridgehead atoms. The molecule has 1 heterocycles. The summed E-state index contributed by atoms with van der Waals surface area (Å²) in [5.41, 5.74) is 7.78. The van der Waals surface area contributed by atoms with Crippen molar-refractivity contribution in [3.05, 3.63) is 59.2 Å². The molecule has 0 atom stereocenters. The maximum absolute atomic E-state index is 13.8. The van der Waals surface area contributed by atoms with Gasteiger partial charge in [-0.2, -0.15) is 0 Å². The lowest BCUT2D eigenvalue weighted by molar-refractivity contribution is 0.0980. The van der Waals surface area contributed by atoms with E-state index in [2.05, 4.69) is 0 Å². The second kappa shape index (κ2) is 5.16. The molecular weight excluding hydrogens is 274 g/mol. The van der Waals surface area contributed by atoms with E-state index in [9.17, 15) is 13.6 Å². The summed E-state index contributed by atoms with van der Waals surface area (Å²) in [4.78, 5) is 14.0. The summed E-state index contributed by atoms with van der Waals surface area (Å²) >= 11 is 0. The number of carbonyl (C=O) groups excluding carboxylic acids is 1. The van der Waals surface area contributed by atoms with Gasteiger partial charge in [0, 0.05) is 17.9 Å². The summed E-state index contributed by atoms with van der Waals surface area (Å²) < 4.78 is 27.1. The second-order valence-electron chi connectivity index (χ2n) is 5.05. The summed E-state index contributed by atoms with van der Waals surface area (Å²) in [5.74, 6) is -2.65. The highest BCUT2D eigenvalue weighted by molar-refractivity contribution is 6.07. The Balaban J connectivity index is 2.02. The zero-order chi connectivity index (χ0) is 15.0. The number of benzene rings is 2. The van der Waals surface area contributed by atoms with Gasteiger partial charge < -0.3 is 10.6 Å². The largest absolute Gasteiger partial charge is 0.399 e. The number of hydrogen-bond donors (Lipinski definition) is 1. The van der Waals surface area contributed by atoms with Crippen molar-refractivity contribution in [2.24, 2.45) is 0 Å². The van der Waals surface area contributed by atoms with E-state index in [0.717, 1.165) is 24.5 Å². The number of nitrogens with two attached hydrogens (primary N) is 1. The van der Waals surface area contributed by atoms with Gasteiger partial charge in [0.1, 0.15) is 0 Å². The number of nitrogen functional groups attached to an aromatic ring is 1. The van der Waals surface area contributed by atoms with Crippen molar-refractivity contribution in [2.45, 2.75) is 12.8 Å². The van der Waals surface area contributed by atoms with E-state index >= 15 is 0 Å². The van der Waals surface area contributed by atoms with Gasteiger partial charge in [0.2, 0.25) is 0 Å². The van der Waals surface area contributed by atoms with Crippen molar-refractivity contribution in [3.8, 4) is 0 Å². The number of amides is 1. The van der Waals surface area contributed by atoms with E-state index in [4.69, 9.17) is 5.73 Å². The number of aryl methyl sites for hydroxylation is 1. The Kier molecular flexibility index (Phi) is 3.33. The first kappa shape index (κ1) is 13.5. The predicted octanol–water partition coefficient (Wildman–Crippen LogP) is 3.14. The molecule has 3 rings (SSSR count). The number of fused-ring (bicyclic) bond motifs is 1. The first-order chi connectivity index (χ1) is 10.1. The van der Waals surface area contributed by atoms with Gasteiger partial charge in [-0.3, -0.25) is 4.79 Å². The molecule has 0 spiro atoms. The average molecular weight is 288 g/mol. The molecule has 0 radical (unpaired) electrons. The molecule has 21 heavy (non-hydrogen) atoms. The molecule has 0 aliphatic carbocycles. The quantitative estimate of drug-likeness (QED) is 0.819. The Bertz CT molecular complexity index is 715. The summed E-state index contributed by atoms with van der Waals surface area (Å²) in [6.45, 7) is 0.478. The molecule has 0 fully saturated rings. The van der Waals surface area contributed by atoms with Crippen LogP contribution >= 0.6 is 0 Å². The number of carbonyl (C=O) groups is 1. The van der Waals surface area contributed by atoms with Crippen molar-refractivity contribution >= 4 is 17.3 Å². The lowest BCUT2D eigenvalue weighted by Gasteiger charge is -2.30. The van der Waals surface area contributed by atoms with Crippen molar-refractivity contribution in [3.63, 3.8) is 0 Å². The van der Waals surface area contributed by atoms with Crippen LogP contribution in [0, 0.1) is 11.6 Å². The molecule has 108 valence electrons. The summed E-state index contributed by atoms with van der Waals surface area (Å²) in [6.07, 6.45) is 1.58. The summed E-state index contributed by atoms with van der Waals surface area (Å²) in [5, 5.41) is 0. The Morgan fingerprint density at radius 2 is 2.00 bits per heavy atom. The lowest BCUT2D eigenvalue weighted by atomic mass is 10.00. The Morgan fingerprint density at radius 1 is 1.19 bits per heavy atom. The fraction of sp³-hybridized carbons (Fsp3) is 0.188. The van der Waals surface area contributed by atoms with Crippen LogP contribution in [0.15, 0.2) is 36.4 Å². The van der Waals surface area contributed by atoms with Crippen LogP contribution in [0.2, 0.25) is 0 Å². The minimum absolute atomic E-state index is 0.250. The first-order valence-corrected chi connectivity index (χ1v) is 6.72. The molecule has 1 amide bonds. The van der Waals surface area contributed by atoms with E-state index in [0.29, 0.717) is 17.9 Å². The van der Waals surface area contributed by atoms with Crippen LogP contribution in [-0.4, -0.2) is 12.5 Å². The maximum atomic E-state index is 13.8. The summed E-state index contributed by atoms with van der Waals surface area (Å²) in [6, 6.07) is 8.89.